The number of esters is 3. The number of rotatable bonds is 23. The molecule has 1 aliphatic heterocycles. The fourth-order valence-corrected chi connectivity index (χ4v) is 18.6. The van der Waals surface area contributed by atoms with Gasteiger partial charge >= 0.3 is 23.9 Å². The van der Waals surface area contributed by atoms with Gasteiger partial charge in [-0.1, -0.05) is 170 Å². The molecule has 0 saturated heterocycles. The average molecular weight is 1960 g/mol. The van der Waals surface area contributed by atoms with E-state index in [-0.39, 0.29) is 18.3 Å². The van der Waals surface area contributed by atoms with Crippen molar-refractivity contribution < 1.29 is 67.3 Å². The molecule has 138 heavy (non-hydrogen) atoms. The Labute approximate surface area is 835 Å². The normalized spacial score (nSPS) is 13.9. The summed E-state index contributed by atoms with van der Waals surface area (Å²) in [5, 5.41) is 23.0. The molecule has 2 N–H and O–H groups in total. The number of fused-ring (bicyclic) bond motifs is 1. The Morgan fingerprint density at radius 2 is 0.717 bits per heavy atom. The number of aromatic nitrogens is 4. The van der Waals surface area contributed by atoms with E-state index >= 15 is 0 Å². The maximum absolute atomic E-state index is 13.5. The number of hydrogen-bond donors (Lipinski definition) is 2. The summed E-state index contributed by atoms with van der Waals surface area (Å²) in [6.07, 6.45) is -2.44. The number of aliphatic carboxylic acids is 1. The SMILES string of the molecule is C=Cc1nc(-c2ccc(C)c(C)c2)c(C)c(-c2ccc(Cl)cc2)c1[C@H](OC(C)(C)C)C(=O)O.COC(=O)[C@@H](OC(C)(C)C)c1c(C=O)nc(-c2ccc(C)c(C)c2)c(C)c1-c1ccc(Cl)cc1.COC(=O)[C@@H](OC(C)(C)C)c1c(CO)nc(-c2ccc(C)c(C)c2)c(C)c1-c1ccc(Cl)cc1.Cc1ccc(-c2nc3c(c(-c4ccc(Cl)cc4)c2C)[C@H](OC(C)(C)C)C(=O)OC3C[Si](C)(C)C)cc1C. The van der Waals surface area contributed by atoms with Crippen molar-refractivity contribution in [3.63, 3.8) is 0 Å². The predicted octanol–water partition coefficient (Wildman–Crippen LogP) is 29.7. The Hall–Kier alpha value is -11.2. The number of carbonyl (C=O) groups excluding carboxylic acids is 4. The summed E-state index contributed by atoms with van der Waals surface area (Å²) >= 11 is 24.7. The molecule has 5 heterocycles. The number of benzene rings is 8. The molecule has 0 bridgehead atoms. The van der Waals surface area contributed by atoms with Gasteiger partial charge in [-0.25, -0.2) is 39.1 Å². The smallest absolute Gasteiger partial charge is 0.340 e. The lowest BCUT2D eigenvalue weighted by Crippen LogP contribution is -2.37. The van der Waals surface area contributed by atoms with Crippen LogP contribution in [-0.4, -0.2) is 105 Å². The van der Waals surface area contributed by atoms with Gasteiger partial charge in [0.25, 0.3) is 0 Å². The van der Waals surface area contributed by atoms with Crippen LogP contribution in [0.1, 0.15) is 230 Å². The Morgan fingerprint density at radius 1 is 0.420 bits per heavy atom. The average Bonchev–Trinajstić information content (AvgIpc) is 0.729. The van der Waals surface area contributed by atoms with Gasteiger partial charge in [-0.3, -0.25) is 4.79 Å². The summed E-state index contributed by atoms with van der Waals surface area (Å²) in [5.41, 5.74) is 27.9. The lowest BCUT2D eigenvalue weighted by atomic mass is 9.86. The van der Waals surface area contributed by atoms with Gasteiger partial charge in [-0.15, -0.1) is 0 Å². The van der Waals surface area contributed by atoms with E-state index in [4.69, 9.17) is 99.5 Å². The van der Waals surface area contributed by atoms with Gasteiger partial charge in [0.15, 0.2) is 30.7 Å². The molecule has 1 unspecified atom stereocenters. The standard InChI is InChI=1S/C31H38ClNO3Si.C28H32ClNO4.C28H30ClNO4.C28H30ClNO3/c1-18-10-11-22(16-19(18)2)27-20(3)25(21-12-14-23(32)15-13-21)26-28(33-27)24(17-37(7,8)9)35-30(34)29(26)36-31(4,5)6;2*1-16-8-9-20(14-17(16)2)25-18(3)23(19-10-12-21(29)13-11-19)24(22(15-31)30-25)26(27(32)33-7)34-28(4,5)6;1-8-22-24(26(27(31)32)33-28(5,6)7)23(19-11-13-21(29)14-12-19)18(4)25(30-22)20-10-9-16(2)17(3)15-20/h10-16,24,29H,17H2,1-9H3;8-14,26,31H,15H2,1-7H3;8-15,26H,1-7H3;8-15,26H,1H2,2-7H3,(H,31,32)/t24?,29-;3*26-/m0000/s1. The Morgan fingerprint density at radius 3 is 1.02 bits per heavy atom. The Kier molecular flexibility index (Phi) is 35.5. The van der Waals surface area contributed by atoms with Crippen LogP contribution in [0, 0.1) is 83.1 Å². The van der Waals surface area contributed by atoms with Crippen molar-refractivity contribution in [2.24, 2.45) is 0 Å². The van der Waals surface area contributed by atoms with E-state index < -0.39 is 78.9 Å². The molecular formula is C115H130Cl4N4O14Si. The van der Waals surface area contributed by atoms with Crippen LogP contribution in [0.2, 0.25) is 45.8 Å². The minimum atomic E-state index is -1.62. The number of nitrogens with zero attached hydrogens (tertiary/aromatic N) is 4. The number of hydrogen-bond acceptors (Lipinski definition) is 17. The first kappa shape index (κ1) is 109. The van der Waals surface area contributed by atoms with Crippen LogP contribution >= 0.6 is 46.4 Å². The number of aliphatic hydroxyl groups excluding tert-OH is 1. The lowest BCUT2D eigenvalue weighted by molar-refractivity contribution is -0.176. The number of carbonyl (C=O) groups is 5. The lowest BCUT2D eigenvalue weighted by Gasteiger charge is -2.37. The van der Waals surface area contributed by atoms with Crippen molar-refractivity contribution in [3.05, 3.63) is 308 Å². The van der Waals surface area contributed by atoms with E-state index in [1.165, 1.54) is 36.5 Å². The minimum absolute atomic E-state index is 0.128. The second kappa shape index (κ2) is 45.0. The number of cyclic esters (lactones) is 1. The highest BCUT2D eigenvalue weighted by Crippen LogP contribution is 2.51. The first-order valence-electron chi connectivity index (χ1n) is 46.0. The minimum Gasteiger partial charge on any atom is -0.479 e. The maximum Gasteiger partial charge on any atom is 0.340 e. The number of ether oxygens (including phenoxy) is 7. The Bertz CT molecular complexity index is 6540. The number of methoxy groups -OCH3 is 2. The van der Waals surface area contributed by atoms with Crippen molar-refractivity contribution in [3.8, 4) is 89.5 Å². The second-order valence-corrected chi connectivity index (χ2v) is 47.6. The van der Waals surface area contributed by atoms with Crippen LogP contribution in [0.15, 0.2) is 176 Å². The van der Waals surface area contributed by atoms with Crippen LogP contribution in [-0.2, 0) is 58.9 Å². The summed E-state index contributed by atoms with van der Waals surface area (Å²) in [5.74, 6) is -2.59. The van der Waals surface area contributed by atoms with Crippen LogP contribution in [0.3, 0.4) is 0 Å². The third kappa shape index (κ3) is 26.7. The van der Waals surface area contributed by atoms with Gasteiger partial charge in [-0.05, 0) is 362 Å². The number of carboxylic acids is 1. The molecule has 0 radical (unpaired) electrons. The maximum atomic E-state index is 13.5. The summed E-state index contributed by atoms with van der Waals surface area (Å²) < 4.78 is 41.1. The van der Waals surface area contributed by atoms with Crippen LogP contribution in [0.4, 0.5) is 0 Å². The Balaban J connectivity index is 0.000000190. The van der Waals surface area contributed by atoms with E-state index in [0.717, 1.165) is 140 Å². The van der Waals surface area contributed by atoms with Crippen molar-refractivity contribution in [2.75, 3.05) is 14.2 Å². The molecule has 0 amide bonds. The van der Waals surface area contributed by atoms with Gasteiger partial charge in [-0.2, -0.15) is 0 Å². The molecule has 0 fully saturated rings. The topological polar surface area (TPSA) is 242 Å². The number of aldehydes is 1. The van der Waals surface area contributed by atoms with Gasteiger partial charge in [0.1, 0.15) is 11.8 Å². The molecule has 1 aliphatic rings. The molecule has 0 saturated carbocycles. The molecule has 13 rings (SSSR count). The largest absolute Gasteiger partial charge is 0.479 e. The highest BCUT2D eigenvalue weighted by atomic mass is 35.5. The van der Waals surface area contributed by atoms with Gasteiger partial charge in [0, 0.05) is 72.7 Å². The molecule has 23 heteroatoms. The zero-order valence-electron chi connectivity index (χ0n) is 84.9. The van der Waals surface area contributed by atoms with Crippen LogP contribution < -0.4 is 0 Å². The van der Waals surface area contributed by atoms with E-state index in [2.05, 4.69) is 117 Å². The predicted molar refractivity (Wildman–Crippen MR) is 562 cm³/mol. The summed E-state index contributed by atoms with van der Waals surface area (Å²) in [7, 11) is 1.01. The van der Waals surface area contributed by atoms with E-state index in [0.29, 0.717) is 65.7 Å². The van der Waals surface area contributed by atoms with E-state index in [1.807, 2.05) is 209 Å². The third-order valence-corrected chi connectivity index (χ3v) is 26.4. The van der Waals surface area contributed by atoms with E-state index in [9.17, 15) is 34.2 Å². The third-order valence-electron chi connectivity index (χ3n) is 23.8. The first-order chi connectivity index (χ1) is 64.5. The monoisotopic (exact) mass is 1960 g/mol. The van der Waals surface area contributed by atoms with Crippen molar-refractivity contribution in [1.82, 2.24) is 19.9 Å². The van der Waals surface area contributed by atoms with Crippen molar-refractivity contribution in [1.29, 1.82) is 0 Å². The summed E-state index contributed by atoms with van der Waals surface area (Å²) in [4.78, 5) is 83.9. The highest BCUT2D eigenvalue weighted by molar-refractivity contribution is 6.76. The van der Waals surface area contributed by atoms with Crippen molar-refractivity contribution in [2.45, 2.75) is 251 Å². The zero-order chi connectivity index (χ0) is 102. The van der Waals surface area contributed by atoms with Crippen LogP contribution in [0.5, 0.6) is 0 Å². The molecule has 5 atom stereocenters. The molecule has 8 aromatic carbocycles. The summed E-state index contributed by atoms with van der Waals surface area (Å²) in [6.45, 7) is 57.5. The van der Waals surface area contributed by atoms with Gasteiger partial charge in [0.2, 0.25) is 0 Å². The molecule has 12 aromatic rings. The second-order valence-electron chi connectivity index (χ2n) is 40.3. The molecule has 0 aliphatic carbocycles. The first-order valence-corrected chi connectivity index (χ1v) is 51.2. The zero-order valence-corrected chi connectivity index (χ0v) is 88.9. The number of pyridine rings is 4. The molecule has 4 aromatic heterocycles. The molecular weight excluding hydrogens is 1830 g/mol. The number of aryl methyl sites for hydroxylation is 8. The van der Waals surface area contributed by atoms with Crippen molar-refractivity contribution >= 4 is 90.7 Å². The fraction of sp³-hybridized carbons (Fsp3) is 0.348. The quantitative estimate of drug-likeness (QED) is 0.0262. The number of carboxylic acid groups (broad SMARTS) is 1. The van der Waals surface area contributed by atoms with E-state index in [1.54, 1.807) is 42.5 Å². The number of aliphatic hydroxyl groups is 1. The van der Waals surface area contributed by atoms with Crippen LogP contribution in [0.25, 0.3) is 95.6 Å². The summed E-state index contributed by atoms with van der Waals surface area (Å²) in [6, 6.07) is 55.5. The highest BCUT2D eigenvalue weighted by Gasteiger charge is 2.45. The molecule has 726 valence electrons. The van der Waals surface area contributed by atoms with Gasteiger partial charge in [0.05, 0.1) is 83.1 Å². The number of halogens is 4. The van der Waals surface area contributed by atoms with Gasteiger partial charge < -0.3 is 43.4 Å². The molecule has 18 nitrogen and oxygen atoms in total. The fourth-order valence-electron chi connectivity index (χ4n) is 16.7. The molecule has 0 spiro atoms.